The fourth-order valence-electron chi connectivity index (χ4n) is 1.92. The van der Waals surface area contributed by atoms with Gasteiger partial charge in [0.05, 0.1) is 6.61 Å². The van der Waals surface area contributed by atoms with E-state index in [1.54, 1.807) is 12.1 Å². The molecular formula is C16H19FN2O. The Bertz CT molecular complexity index is 599. The average molecular weight is 274 g/mol. The van der Waals surface area contributed by atoms with Gasteiger partial charge < -0.3 is 15.8 Å². The lowest BCUT2D eigenvalue weighted by Crippen LogP contribution is -1.99. The van der Waals surface area contributed by atoms with Gasteiger partial charge in [0.2, 0.25) is 0 Å². The highest BCUT2D eigenvalue weighted by molar-refractivity contribution is 5.68. The predicted octanol–water partition coefficient (Wildman–Crippen LogP) is 4.25. The molecule has 0 aromatic heterocycles. The second kappa shape index (κ2) is 6.28. The van der Waals surface area contributed by atoms with Gasteiger partial charge in [0.1, 0.15) is 11.6 Å². The van der Waals surface area contributed by atoms with Gasteiger partial charge in [-0.15, -0.1) is 0 Å². The molecule has 0 saturated heterocycles. The monoisotopic (exact) mass is 274 g/mol. The largest absolute Gasteiger partial charge is 0.493 e. The Balaban J connectivity index is 2.21. The Hall–Kier alpha value is -2.23. The molecule has 2 aromatic rings. The van der Waals surface area contributed by atoms with Gasteiger partial charge in [-0.05, 0) is 43.2 Å². The summed E-state index contributed by atoms with van der Waals surface area (Å²) in [6, 6.07) is 10.1. The van der Waals surface area contributed by atoms with E-state index in [-0.39, 0.29) is 5.82 Å². The van der Waals surface area contributed by atoms with E-state index in [2.05, 4.69) is 5.32 Å². The molecule has 0 aliphatic heterocycles. The molecule has 0 heterocycles. The fourth-order valence-corrected chi connectivity index (χ4v) is 1.92. The number of aryl methyl sites for hydroxylation is 1. The third-order valence-corrected chi connectivity index (χ3v) is 2.87. The van der Waals surface area contributed by atoms with E-state index in [9.17, 15) is 4.39 Å². The van der Waals surface area contributed by atoms with E-state index in [0.717, 1.165) is 29.1 Å². The van der Waals surface area contributed by atoms with Crippen LogP contribution in [0, 0.1) is 12.7 Å². The SMILES string of the molecule is CCCOc1cc(N)cc(Nc2ccc(F)cc2C)c1. The van der Waals surface area contributed by atoms with Crippen molar-refractivity contribution in [2.45, 2.75) is 20.3 Å². The number of halogens is 1. The number of benzene rings is 2. The minimum atomic E-state index is -0.243. The maximum Gasteiger partial charge on any atom is 0.123 e. The first-order valence-electron chi connectivity index (χ1n) is 6.65. The summed E-state index contributed by atoms with van der Waals surface area (Å²) < 4.78 is 18.7. The van der Waals surface area contributed by atoms with Crippen molar-refractivity contribution >= 4 is 17.1 Å². The van der Waals surface area contributed by atoms with E-state index < -0.39 is 0 Å². The smallest absolute Gasteiger partial charge is 0.123 e. The predicted molar refractivity (Wildman–Crippen MR) is 81.1 cm³/mol. The van der Waals surface area contributed by atoms with Crippen molar-refractivity contribution in [2.24, 2.45) is 0 Å². The van der Waals surface area contributed by atoms with Gasteiger partial charge in [0, 0.05) is 29.2 Å². The molecule has 0 atom stereocenters. The van der Waals surface area contributed by atoms with Crippen LogP contribution < -0.4 is 15.8 Å². The van der Waals surface area contributed by atoms with Crippen molar-refractivity contribution in [3.8, 4) is 5.75 Å². The van der Waals surface area contributed by atoms with Crippen molar-refractivity contribution in [3.05, 3.63) is 47.8 Å². The summed E-state index contributed by atoms with van der Waals surface area (Å²) in [5.41, 5.74) is 9.00. The van der Waals surface area contributed by atoms with Gasteiger partial charge in [0.15, 0.2) is 0 Å². The maximum absolute atomic E-state index is 13.1. The molecule has 20 heavy (non-hydrogen) atoms. The second-order valence-electron chi connectivity index (χ2n) is 4.72. The summed E-state index contributed by atoms with van der Waals surface area (Å²) in [6.45, 7) is 4.55. The van der Waals surface area contributed by atoms with E-state index in [0.29, 0.717) is 12.3 Å². The van der Waals surface area contributed by atoms with E-state index in [4.69, 9.17) is 10.5 Å². The highest BCUT2D eigenvalue weighted by atomic mass is 19.1. The zero-order valence-corrected chi connectivity index (χ0v) is 11.7. The van der Waals surface area contributed by atoms with E-state index >= 15 is 0 Å². The highest BCUT2D eigenvalue weighted by Crippen LogP contribution is 2.27. The number of hydrogen-bond acceptors (Lipinski definition) is 3. The number of nitrogens with two attached hydrogens (primary N) is 1. The standard InChI is InChI=1S/C16H19FN2O/c1-3-6-20-15-9-13(18)8-14(10-15)19-16-5-4-12(17)7-11(16)2/h4-5,7-10,19H,3,6,18H2,1-2H3. The second-order valence-corrected chi connectivity index (χ2v) is 4.72. The first-order chi connectivity index (χ1) is 9.58. The lowest BCUT2D eigenvalue weighted by atomic mass is 10.2. The minimum absolute atomic E-state index is 0.243. The van der Waals surface area contributed by atoms with Gasteiger partial charge in [-0.25, -0.2) is 4.39 Å². The summed E-state index contributed by atoms with van der Waals surface area (Å²) in [5, 5.41) is 3.23. The molecule has 3 N–H and O–H groups in total. The van der Waals surface area contributed by atoms with Crippen LogP contribution in [0.25, 0.3) is 0 Å². The average Bonchev–Trinajstić information content (AvgIpc) is 2.39. The Morgan fingerprint density at radius 3 is 2.70 bits per heavy atom. The molecular weight excluding hydrogens is 255 g/mol. The molecule has 0 radical (unpaired) electrons. The van der Waals surface area contributed by atoms with Crippen LogP contribution >= 0.6 is 0 Å². The van der Waals surface area contributed by atoms with E-state index in [1.165, 1.54) is 12.1 Å². The number of nitrogen functional groups attached to an aromatic ring is 1. The number of anilines is 3. The number of hydrogen-bond donors (Lipinski definition) is 2. The van der Waals surface area contributed by atoms with Gasteiger partial charge in [-0.3, -0.25) is 0 Å². The molecule has 106 valence electrons. The van der Waals surface area contributed by atoms with Crippen LogP contribution in [0.2, 0.25) is 0 Å². The molecule has 3 nitrogen and oxygen atoms in total. The number of rotatable bonds is 5. The van der Waals surface area contributed by atoms with Crippen molar-refractivity contribution in [2.75, 3.05) is 17.7 Å². The third kappa shape index (κ3) is 3.63. The number of nitrogens with one attached hydrogen (secondary N) is 1. The minimum Gasteiger partial charge on any atom is -0.493 e. The quantitative estimate of drug-likeness (QED) is 0.801. The van der Waals surface area contributed by atoms with Crippen LogP contribution in [0.5, 0.6) is 5.75 Å². The number of ether oxygens (including phenoxy) is 1. The summed E-state index contributed by atoms with van der Waals surface area (Å²) in [6.07, 6.45) is 0.939. The summed E-state index contributed by atoms with van der Waals surface area (Å²) in [5.74, 6) is 0.488. The van der Waals surface area contributed by atoms with Crippen molar-refractivity contribution in [1.29, 1.82) is 0 Å². The Kier molecular flexibility index (Phi) is 4.45. The van der Waals surface area contributed by atoms with E-state index in [1.807, 2.05) is 26.0 Å². The molecule has 0 amide bonds. The molecule has 0 unspecified atom stereocenters. The topological polar surface area (TPSA) is 47.3 Å². The first kappa shape index (κ1) is 14.2. The molecule has 0 bridgehead atoms. The van der Waals surface area contributed by atoms with Crippen LogP contribution in [0.4, 0.5) is 21.5 Å². The summed E-state index contributed by atoms with van der Waals surface area (Å²) in [7, 11) is 0. The maximum atomic E-state index is 13.1. The zero-order valence-electron chi connectivity index (χ0n) is 11.7. The van der Waals surface area contributed by atoms with Crippen LogP contribution in [-0.4, -0.2) is 6.61 Å². The van der Waals surface area contributed by atoms with Crippen LogP contribution in [-0.2, 0) is 0 Å². The van der Waals surface area contributed by atoms with Gasteiger partial charge in [0.25, 0.3) is 0 Å². The lowest BCUT2D eigenvalue weighted by molar-refractivity contribution is 0.318. The highest BCUT2D eigenvalue weighted by Gasteiger charge is 2.04. The molecule has 0 spiro atoms. The van der Waals surface area contributed by atoms with Crippen molar-refractivity contribution in [1.82, 2.24) is 0 Å². The fraction of sp³-hybridized carbons (Fsp3) is 0.250. The zero-order chi connectivity index (χ0) is 14.5. The Morgan fingerprint density at radius 1 is 1.20 bits per heavy atom. The first-order valence-corrected chi connectivity index (χ1v) is 6.65. The molecule has 2 rings (SSSR count). The summed E-state index contributed by atoms with van der Waals surface area (Å²) >= 11 is 0. The normalized spacial score (nSPS) is 10.3. The van der Waals surface area contributed by atoms with Crippen LogP contribution in [0.15, 0.2) is 36.4 Å². The van der Waals surface area contributed by atoms with Crippen molar-refractivity contribution < 1.29 is 9.13 Å². The Labute approximate surface area is 118 Å². The van der Waals surface area contributed by atoms with Crippen LogP contribution in [0.1, 0.15) is 18.9 Å². The molecule has 0 aliphatic rings. The molecule has 2 aromatic carbocycles. The van der Waals surface area contributed by atoms with Crippen LogP contribution in [0.3, 0.4) is 0 Å². The Morgan fingerprint density at radius 2 is 2.00 bits per heavy atom. The van der Waals surface area contributed by atoms with Gasteiger partial charge in [-0.2, -0.15) is 0 Å². The van der Waals surface area contributed by atoms with Crippen molar-refractivity contribution in [3.63, 3.8) is 0 Å². The van der Waals surface area contributed by atoms with Gasteiger partial charge in [-0.1, -0.05) is 6.92 Å². The van der Waals surface area contributed by atoms with Gasteiger partial charge >= 0.3 is 0 Å². The molecule has 4 heteroatoms. The third-order valence-electron chi connectivity index (χ3n) is 2.87. The lowest BCUT2D eigenvalue weighted by Gasteiger charge is -2.12. The molecule has 0 fully saturated rings. The molecule has 0 aliphatic carbocycles. The molecule has 0 saturated carbocycles. The summed E-state index contributed by atoms with van der Waals surface area (Å²) in [4.78, 5) is 0.